The van der Waals surface area contributed by atoms with Gasteiger partial charge in [0.15, 0.2) is 5.69 Å². The van der Waals surface area contributed by atoms with E-state index in [9.17, 15) is 13.2 Å². The second kappa shape index (κ2) is 5.20. The van der Waals surface area contributed by atoms with Crippen molar-refractivity contribution in [3.8, 4) is 0 Å². The number of nitrogens with zero attached hydrogens (tertiary/aromatic N) is 3. The van der Waals surface area contributed by atoms with Crippen molar-refractivity contribution in [1.29, 1.82) is 0 Å². The van der Waals surface area contributed by atoms with Crippen LogP contribution in [0.4, 0.5) is 19.1 Å². The van der Waals surface area contributed by atoms with Crippen molar-refractivity contribution in [2.75, 3.05) is 31.1 Å². The summed E-state index contributed by atoms with van der Waals surface area (Å²) < 4.78 is 39.4. The summed E-state index contributed by atoms with van der Waals surface area (Å²) in [6.07, 6.45) is -1.71. The van der Waals surface area contributed by atoms with Gasteiger partial charge in [0.05, 0.1) is 0 Å². The number of hydrogen-bond acceptors (Lipinski definition) is 4. The van der Waals surface area contributed by atoms with Crippen molar-refractivity contribution in [3.63, 3.8) is 0 Å². The molecule has 2 aliphatic rings. The molecule has 7 heteroatoms. The van der Waals surface area contributed by atoms with E-state index in [0.717, 1.165) is 25.9 Å². The van der Waals surface area contributed by atoms with Crippen LogP contribution in [0, 0.1) is 0 Å². The number of rotatable bonds is 1. The largest absolute Gasteiger partial charge is 0.433 e. The molecule has 0 radical (unpaired) electrons. The maximum atomic E-state index is 13.1. The van der Waals surface area contributed by atoms with Crippen LogP contribution in [0.1, 0.15) is 29.8 Å². The maximum Gasteiger partial charge on any atom is 0.433 e. The Balaban J connectivity index is 1.99. The van der Waals surface area contributed by atoms with Crippen LogP contribution >= 0.6 is 0 Å². The second-order valence-corrected chi connectivity index (χ2v) is 5.24. The smallest absolute Gasteiger partial charge is 0.339 e. The number of aryl methyl sites for hydroxylation is 1. The van der Waals surface area contributed by atoms with Crippen LogP contribution in [0.25, 0.3) is 0 Å². The van der Waals surface area contributed by atoms with Gasteiger partial charge in [-0.05, 0) is 32.2 Å². The Morgan fingerprint density at radius 2 is 1.85 bits per heavy atom. The summed E-state index contributed by atoms with van der Waals surface area (Å²) >= 11 is 0. The molecule has 0 atom stereocenters. The minimum absolute atomic E-state index is 0.238. The molecule has 0 saturated carbocycles. The lowest BCUT2D eigenvalue weighted by molar-refractivity contribution is -0.141. The molecule has 1 aliphatic carbocycles. The molecule has 1 aromatic heterocycles. The highest BCUT2D eigenvalue weighted by molar-refractivity contribution is 5.40. The van der Waals surface area contributed by atoms with E-state index in [-0.39, 0.29) is 5.95 Å². The molecule has 1 saturated heterocycles. The standard InChI is InChI=1S/C13H17F3N4/c14-13(15,16)11-9-3-1-4-10(9)18-12(19-11)20-7-2-5-17-6-8-20/h17H,1-8H2. The first kappa shape index (κ1) is 13.6. The van der Waals surface area contributed by atoms with Gasteiger partial charge in [-0.15, -0.1) is 0 Å². The Morgan fingerprint density at radius 1 is 1.00 bits per heavy atom. The lowest BCUT2D eigenvalue weighted by atomic mass is 10.1. The third kappa shape index (κ3) is 2.59. The molecule has 1 aliphatic heterocycles. The molecule has 0 unspecified atom stereocenters. The predicted octanol–water partition coefficient (Wildman–Crippen LogP) is 1.78. The summed E-state index contributed by atoms with van der Waals surface area (Å²) in [5, 5.41) is 3.22. The predicted molar refractivity (Wildman–Crippen MR) is 68.8 cm³/mol. The van der Waals surface area contributed by atoms with Gasteiger partial charge in [0.1, 0.15) is 0 Å². The van der Waals surface area contributed by atoms with Gasteiger partial charge in [-0.2, -0.15) is 13.2 Å². The molecule has 1 fully saturated rings. The number of halogens is 3. The minimum atomic E-state index is -4.39. The third-order valence-electron chi connectivity index (χ3n) is 3.81. The van der Waals surface area contributed by atoms with E-state index in [0.29, 0.717) is 37.2 Å². The van der Waals surface area contributed by atoms with Crippen LogP contribution in [0.5, 0.6) is 0 Å². The van der Waals surface area contributed by atoms with E-state index in [1.54, 1.807) is 0 Å². The fourth-order valence-electron chi connectivity index (χ4n) is 2.84. The minimum Gasteiger partial charge on any atom is -0.339 e. The zero-order valence-electron chi connectivity index (χ0n) is 11.1. The SMILES string of the molecule is FC(F)(F)c1nc(N2CCCNCC2)nc2c1CCC2. The van der Waals surface area contributed by atoms with E-state index in [4.69, 9.17) is 0 Å². The van der Waals surface area contributed by atoms with Crippen molar-refractivity contribution in [2.24, 2.45) is 0 Å². The molecule has 2 heterocycles. The molecule has 0 amide bonds. The maximum absolute atomic E-state index is 13.1. The fourth-order valence-corrected chi connectivity index (χ4v) is 2.84. The fraction of sp³-hybridized carbons (Fsp3) is 0.692. The van der Waals surface area contributed by atoms with Crippen molar-refractivity contribution in [2.45, 2.75) is 31.9 Å². The molecule has 1 aromatic rings. The monoisotopic (exact) mass is 286 g/mol. The number of alkyl halides is 3. The van der Waals surface area contributed by atoms with Crippen LogP contribution in [-0.4, -0.2) is 36.1 Å². The van der Waals surface area contributed by atoms with Gasteiger partial charge in [-0.25, -0.2) is 9.97 Å². The first-order valence-electron chi connectivity index (χ1n) is 6.98. The molecule has 0 spiro atoms. The number of anilines is 1. The average Bonchev–Trinajstić information content (AvgIpc) is 2.69. The number of fused-ring (bicyclic) bond motifs is 1. The van der Waals surface area contributed by atoms with Gasteiger partial charge in [-0.1, -0.05) is 0 Å². The van der Waals surface area contributed by atoms with E-state index in [2.05, 4.69) is 15.3 Å². The summed E-state index contributed by atoms with van der Waals surface area (Å²) in [5.74, 6) is 0.238. The lowest BCUT2D eigenvalue weighted by Gasteiger charge is -2.22. The van der Waals surface area contributed by atoms with Crippen molar-refractivity contribution in [3.05, 3.63) is 17.0 Å². The Hall–Kier alpha value is -1.37. The molecule has 4 nitrogen and oxygen atoms in total. The Bertz CT molecular complexity index is 493. The zero-order valence-corrected chi connectivity index (χ0v) is 11.1. The molecular formula is C13H17F3N4. The topological polar surface area (TPSA) is 41.1 Å². The van der Waals surface area contributed by atoms with E-state index < -0.39 is 11.9 Å². The van der Waals surface area contributed by atoms with Crippen LogP contribution in [0.3, 0.4) is 0 Å². The first-order valence-corrected chi connectivity index (χ1v) is 6.98. The second-order valence-electron chi connectivity index (χ2n) is 5.24. The quantitative estimate of drug-likeness (QED) is 0.854. The molecule has 0 aromatic carbocycles. The highest BCUT2D eigenvalue weighted by Gasteiger charge is 2.39. The van der Waals surface area contributed by atoms with Crippen molar-refractivity contribution in [1.82, 2.24) is 15.3 Å². The van der Waals surface area contributed by atoms with Crippen molar-refractivity contribution >= 4 is 5.95 Å². The summed E-state index contributed by atoms with van der Waals surface area (Å²) in [6.45, 7) is 2.98. The van der Waals surface area contributed by atoms with E-state index in [1.165, 1.54) is 0 Å². The Kier molecular flexibility index (Phi) is 3.54. The van der Waals surface area contributed by atoms with Gasteiger partial charge in [0.25, 0.3) is 0 Å². The molecule has 3 rings (SSSR count). The van der Waals surface area contributed by atoms with E-state index in [1.807, 2.05) is 4.90 Å². The van der Waals surface area contributed by atoms with Gasteiger partial charge < -0.3 is 10.2 Å². The van der Waals surface area contributed by atoms with E-state index >= 15 is 0 Å². The Morgan fingerprint density at radius 3 is 2.65 bits per heavy atom. The highest BCUT2D eigenvalue weighted by Crippen LogP contribution is 2.36. The van der Waals surface area contributed by atoms with Crippen molar-refractivity contribution < 1.29 is 13.2 Å². The number of nitrogens with one attached hydrogen (secondary N) is 1. The third-order valence-corrected chi connectivity index (χ3v) is 3.81. The number of hydrogen-bond donors (Lipinski definition) is 1. The zero-order chi connectivity index (χ0) is 14.2. The van der Waals surface area contributed by atoms with Gasteiger partial charge in [0, 0.05) is 30.9 Å². The van der Waals surface area contributed by atoms with Crippen LogP contribution in [0.2, 0.25) is 0 Å². The summed E-state index contributed by atoms with van der Waals surface area (Å²) in [5.41, 5.74) is 0.154. The Labute approximate surface area is 115 Å². The normalized spacial score (nSPS) is 19.9. The summed E-state index contributed by atoms with van der Waals surface area (Å²) in [7, 11) is 0. The first-order chi connectivity index (χ1) is 9.55. The molecule has 20 heavy (non-hydrogen) atoms. The van der Waals surface area contributed by atoms with Gasteiger partial charge in [-0.3, -0.25) is 0 Å². The molecular weight excluding hydrogens is 269 g/mol. The highest BCUT2D eigenvalue weighted by atomic mass is 19.4. The molecule has 0 bridgehead atoms. The average molecular weight is 286 g/mol. The lowest BCUT2D eigenvalue weighted by Crippen LogP contribution is -2.30. The molecule has 1 N–H and O–H groups in total. The van der Waals surface area contributed by atoms with Gasteiger partial charge in [0.2, 0.25) is 5.95 Å². The van der Waals surface area contributed by atoms with Crippen LogP contribution in [0.15, 0.2) is 0 Å². The van der Waals surface area contributed by atoms with Crippen LogP contribution in [-0.2, 0) is 19.0 Å². The summed E-state index contributed by atoms with van der Waals surface area (Å²) in [4.78, 5) is 10.1. The summed E-state index contributed by atoms with van der Waals surface area (Å²) in [6, 6.07) is 0. The number of aromatic nitrogens is 2. The van der Waals surface area contributed by atoms with Gasteiger partial charge >= 0.3 is 6.18 Å². The van der Waals surface area contributed by atoms with Crippen LogP contribution < -0.4 is 10.2 Å². The molecule has 110 valence electrons.